The maximum atomic E-state index is 13.8. The van der Waals surface area contributed by atoms with Crippen LogP contribution in [-0.2, 0) is 13.1 Å². The number of nitrogens with zero attached hydrogens (tertiary/aromatic N) is 3. The number of carbonyl (C=O) groups is 1. The number of benzene rings is 2. The summed E-state index contributed by atoms with van der Waals surface area (Å²) in [6.45, 7) is 6.05. The van der Waals surface area contributed by atoms with Crippen LogP contribution in [0.15, 0.2) is 46.9 Å². The Morgan fingerprint density at radius 3 is 2.69 bits per heavy atom. The lowest BCUT2D eigenvalue weighted by molar-refractivity contribution is 0.0734. The lowest BCUT2D eigenvalue weighted by atomic mass is 10.1. The second-order valence-corrected chi connectivity index (χ2v) is 8.17. The molecule has 3 aromatic rings. The molecule has 2 aromatic carbocycles. The number of carbonyl (C=O) groups excluding carboxylic acids is 1. The Bertz CT molecular complexity index is 985. The average Bonchev–Trinajstić information content (AvgIpc) is 3.03. The molecule has 0 radical (unpaired) electrons. The van der Waals surface area contributed by atoms with Gasteiger partial charge in [0.15, 0.2) is 0 Å². The first-order valence-corrected chi connectivity index (χ1v) is 11.0. The predicted molar refractivity (Wildman–Crippen MR) is 118 cm³/mol. The third kappa shape index (κ3) is 5.24. The van der Waals surface area contributed by atoms with Crippen molar-refractivity contribution in [2.45, 2.75) is 52.6 Å². The molecule has 1 aromatic heterocycles. The van der Waals surface area contributed by atoms with Gasteiger partial charge in [-0.05, 0) is 49.2 Å². The van der Waals surface area contributed by atoms with Gasteiger partial charge in [0, 0.05) is 23.1 Å². The van der Waals surface area contributed by atoms with E-state index in [-0.39, 0.29) is 11.7 Å². The van der Waals surface area contributed by atoms with Gasteiger partial charge < -0.3 is 9.47 Å². The van der Waals surface area contributed by atoms with Crippen molar-refractivity contribution in [3.8, 4) is 0 Å². The summed E-state index contributed by atoms with van der Waals surface area (Å²) in [5.74, 6) is 0.516. The van der Waals surface area contributed by atoms with E-state index < -0.39 is 0 Å². The number of amides is 1. The first-order chi connectivity index (χ1) is 14.0. The van der Waals surface area contributed by atoms with Crippen LogP contribution < -0.4 is 0 Å². The molecule has 0 fully saturated rings. The maximum absolute atomic E-state index is 13.8. The van der Waals surface area contributed by atoms with Crippen molar-refractivity contribution in [3.05, 3.63) is 64.1 Å². The van der Waals surface area contributed by atoms with Gasteiger partial charge in [-0.3, -0.25) is 4.79 Å². The maximum Gasteiger partial charge on any atom is 0.254 e. The molecule has 0 spiro atoms. The zero-order valence-corrected chi connectivity index (χ0v) is 18.6. The van der Waals surface area contributed by atoms with E-state index in [9.17, 15) is 9.18 Å². The van der Waals surface area contributed by atoms with Gasteiger partial charge in [-0.2, -0.15) is 0 Å². The Kier molecular flexibility index (Phi) is 7.42. The smallest absolute Gasteiger partial charge is 0.254 e. The van der Waals surface area contributed by atoms with Gasteiger partial charge in [0.1, 0.15) is 11.6 Å². The van der Waals surface area contributed by atoms with Crippen LogP contribution >= 0.6 is 15.9 Å². The van der Waals surface area contributed by atoms with Gasteiger partial charge in [0.05, 0.1) is 17.6 Å². The molecule has 0 unspecified atom stereocenters. The fraction of sp³-hybridized carbons (Fsp3) is 0.391. The molecule has 0 saturated carbocycles. The molecule has 29 heavy (non-hydrogen) atoms. The van der Waals surface area contributed by atoms with Crippen molar-refractivity contribution in [3.63, 3.8) is 0 Å². The summed E-state index contributed by atoms with van der Waals surface area (Å²) in [6.07, 6.45) is 4.01. The number of hydrogen-bond acceptors (Lipinski definition) is 2. The summed E-state index contributed by atoms with van der Waals surface area (Å²) in [6, 6.07) is 12.1. The number of imidazole rings is 1. The van der Waals surface area contributed by atoms with Crippen LogP contribution in [0.4, 0.5) is 4.39 Å². The summed E-state index contributed by atoms with van der Waals surface area (Å²) in [5.41, 5.74) is 2.20. The number of hydrogen-bond donors (Lipinski definition) is 0. The van der Waals surface area contributed by atoms with Crippen LogP contribution in [0.25, 0.3) is 11.0 Å². The number of aryl methyl sites for hydroxylation is 1. The zero-order chi connectivity index (χ0) is 20.8. The number of aromatic nitrogens is 2. The van der Waals surface area contributed by atoms with Crippen LogP contribution in [-0.4, -0.2) is 26.9 Å². The topological polar surface area (TPSA) is 38.1 Å². The minimum absolute atomic E-state index is 0.0105. The number of unbranched alkanes of at least 4 members (excludes halogenated alkanes) is 2. The monoisotopic (exact) mass is 459 g/mol. The molecule has 6 heteroatoms. The molecule has 1 amide bonds. The molecule has 0 N–H and O–H groups in total. The molecule has 0 atom stereocenters. The van der Waals surface area contributed by atoms with Crippen molar-refractivity contribution in [2.24, 2.45) is 0 Å². The molecular formula is C23H27BrFN3O. The Labute approximate surface area is 179 Å². The van der Waals surface area contributed by atoms with Crippen LogP contribution in [0.1, 0.15) is 55.7 Å². The van der Waals surface area contributed by atoms with Gasteiger partial charge in [0.2, 0.25) is 0 Å². The largest absolute Gasteiger partial charge is 0.331 e. The lowest BCUT2D eigenvalue weighted by Crippen LogP contribution is -2.32. The SMILES string of the molecule is CCCCCN(Cc1nc2ccc(F)cc2n1CCC)C(=O)c1cccc(Br)c1. The van der Waals surface area contributed by atoms with Crippen LogP contribution in [0.5, 0.6) is 0 Å². The minimum atomic E-state index is -0.272. The summed E-state index contributed by atoms with van der Waals surface area (Å²) < 4.78 is 16.7. The number of rotatable bonds is 9. The van der Waals surface area contributed by atoms with Crippen LogP contribution in [0, 0.1) is 5.82 Å². The van der Waals surface area contributed by atoms with Crippen molar-refractivity contribution in [1.82, 2.24) is 14.5 Å². The van der Waals surface area contributed by atoms with Gasteiger partial charge in [0.25, 0.3) is 5.91 Å². The number of halogens is 2. The normalized spacial score (nSPS) is 11.2. The van der Waals surface area contributed by atoms with E-state index in [4.69, 9.17) is 4.98 Å². The molecule has 3 rings (SSSR count). The highest BCUT2D eigenvalue weighted by Gasteiger charge is 2.20. The van der Waals surface area contributed by atoms with Crippen molar-refractivity contribution >= 4 is 32.9 Å². The molecule has 0 aliphatic heterocycles. The van der Waals surface area contributed by atoms with Gasteiger partial charge in [-0.25, -0.2) is 9.37 Å². The molecule has 0 aliphatic carbocycles. The van der Waals surface area contributed by atoms with Gasteiger partial charge in [-0.15, -0.1) is 0 Å². The Morgan fingerprint density at radius 1 is 1.14 bits per heavy atom. The third-order valence-electron chi connectivity index (χ3n) is 4.96. The fourth-order valence-electron chi connectivity index (χ4n) is 3.52. The highest BCUT2D eigenvalue weighted by Crippen LogP contribution is 2.21. The van der Waals surface area contributed by atoms with Crippen LogP contribution in [0.2, 0.25) is 0 Å². The molecule has 0 aliphatic rings. The molecule has 154 valence electrons. The van der Waals surface area contributed by atoms with Gasteiger partial charge in [-0.1, -0.05) is 48.7 Å². The molecular weight excluding hydrogens is 433 g/mol. The lowest BCUT2D eigenvalue weighted by Gasteiger charge is -2.23. The van der Waals surface area contributed by atoms with E-state index in [1.165, 1.54) is 12.1 Å². The third-order valence-corrected chi connectivity index (χ3v) is 5.45. The van der Waals surface area contributed by atoms with Crippen molar-refractivity contribution in [2.75, 3.05) is 6.54 Å². The molecule has 0 saturated heterocycles. The Hall–Kier alpha value is -2.21. The van der Waals surface area contributed by atoms with Crippen molar-refractivity contribution < 1.29 is 9.18 Å². The Balaban J connectivity index is 1.94. The first-order valence-electron chi connectivity index (χ1n) is 10.2. The van der Waals surface area contributed by atoms with E-state index in [0.717, 1.165) is 53.6 Å². The van der Waals surface area contributed by atoms with E-state index in [2.05, 4.69) is 29.8 Å². The molecule has 0 bridgehead atoms. The highest BCUT2D eigenvalue weighted by atomic mass is 79.9. The standard InChI is InChI=1S/C23H27BrFN3O/c1-3-5-6-13-27(23(29)17-8-7-9-18(24)14-17)16-22-26-20-11-10-19(25)15-21(20)28(22)12-4-2/h7-11,14-15H,3-6,12-13,16H2,1-2H3. The predicted octanol–water partition coefficient (Wildman–Crippen LogP) is 6.18. The van der Waals surface area contributed by atoms with E-state index >= 15 is 0 Å². The zero-order valence-electron chi connectivity index (χ0n) is 17.0. The van der Waals surface area contributed by atoms with E-state index in [1.54, 1.807) is 6.07 Å². The second-order valence-electron chi connectivity index (χ2n) is 7.26. The van der Waals surface area contributed by atoms with Crippen LogP contribution in [0.3, 0.4) is 0 Å². The summed E-state index contributed by atoms with van der Waals surface area (Å²) in [7, 11) is 0. The van der Waals surface area contributed by atoms with E-state index in [1.807, 2.05) is 33.7 Å². The highest BCUT2D eigenvalue weighted by molar-refractivity contribution is 9.10. The average molecular weight is 460 g/mol. The molecule has 1 heterocycles. The van der Waals surface area contributed by atoms with Crippen molar-refractivity contribution in [1.29, 1.82) is 0 Å². The summed E-state index contributed by atoms with van der Waals surface area (Å²) >= 11 is 3.45. The fourth-order valence-corrected chi connectivity index (χ4v) is 3.92. The minimum Gasteiger partial charge on any atom is -0.331 e. The van der Waals surface area contributed by atoms with Gasteiger partial charge >= 0.3 is 0 Å². The Morgan fingerprint density at radius 2 is 1.97 bits per heavy atom. The molecule has 4 nitrogen and oxygen atoms in total. The number of fused-ring (bicyclic) bond motifs is 1. The first kappa shape index (κ1) is 21.5. The summed E-state index contributed by atoms with van der Waals surface area (Å²) in [5, 5.41) is 0. The van der Waals surface area contributed by atoms with E-state index in [0.29, 0.717) is 18.7 Å². The quantitative estimate of drug-likeness (QED) is 0.358. The second kappa shape index (κ2) is 10.0. The summed E-state index contributed by atoms with van der Waals surface area (Å²) in [4.78, 5) is 19.8.